The fourth-order valence-corrected chi connectivity index (χ4v) is 9.50. The first kappa shape index (κ1) is 72.9. The lowest BCUT2D eigenvalue weighted by atomic mass is 9.99. The highest BCUT2D eigenvalue weighted by molar-refractivity contribution is 5.80. The number of hydrogen-bond donors (Lipinski definition) is 6. The monoisotopic (exact) mass is 1100 g/mol. The summed E-state index contributed by atoms with van der Waals surface area (Å²) in [5.74, 6) is -1.22. The molecule has 8 unspecified atom stereocenters. The third-order valence-electron chi connectivity index (χ3n) is 14.5. The van der Waals surface area contributed by atoms with Gasteiger partial charge in [-0.2, -0.15) is 0 Å². The summed E-state index contributed by atoms with van der Waals surface area (Å²) in [5, 5.41) is 57.0. The molecule has 0 radical (unpaired) electrons. The van der Waals surface area contributed by atoms with Crippen molar-refractivity contribution < 1.29 is 49.3 Å². The Hall–Kier alpha value is -3.16. The van der Waals surface area contributed by atoms with Gasteiger partial charge in [-0.25, -0.2) is 0 Å². The predicted octanol–water partition coefficient (Wildman–Crippen LogP) is 15.3. The van der Waals surface area contributed by atoms with Crippen LogP contribution >= 0.6 is 0 Å². The predicted molar refractivity (Wildman–Crippen MR) is 324 cm³/mol. The Balaban J connectivity index is 2.63. The van der Waals surface area contributed by atoms with Crippen LogP contribution in [-0.2, 0) is 23.8 Å². The second-order valence-corrected chi connectivity index (χ2v) is 21.8. The van der Waals surface area contributed by atoms with Crippen molar-refractivity contribution in [1.29, 1.82) is 0 Å². The molecule has 0 saturated carbocycles. The number of carbonyl (C=O) groups excluding carboxylic acids is 2. The molecular formula is C67H117NO10. The average molecular weight is 1100 g/mol. The molecule has 0 aliphatic carbocycles. The van der Waals surface area contributed by atoms with Gasteiger partial charge in [0.25, 0.3) is 0 Å². The first-order valence-corrected chi connectivity index (χ1v) is 31.9. The molecule has 1 heterocycles. The normalized spacial score (nSPS) is 19.5. The highest BCUT2D eigenvalue weighted by Gasteiger charge is 2.47. The Kier molecular flexibility index (Phi) is 50.8. The van der Waals surface area contributed by atoms with E-state index in [-0.39, 0.29) is 19.4 Å². The molecule has 78 heavy (non-hydrogen) atoms. The summed E-state index contributed by atoms with van der Waals surface area (Å²) in [6.07, 6.45) is 60.5. The maximum Gasteiger partial charge on any atom is 0.306 e. The Morgan fingerprint density at radius 3 is 1.40 bits per heavy atom. The van der Waals surface area contributed by atoms with Crippen LogP contribution in [0.25, 0.3) is 0 Å². The molecule has 1 aliphatic heterocycles. The van der Waals surface area contributed by atoms with E-state index in [1.165, 1.54) is 109 Å². The number of aliphatic hydroxyl groups is 5. The smallest absolute Gasteiger partial charge is 0.306 e. The Morgan fingerprint density at radius 1 is 0.513 bits per heavy atom. The van der Waals surface area contributed by atoms with Crippen LogP contribution in [0, 0.1) is 0 Å². The molecule has 0 spiro atoms. The highest BCUT2D eigenvalue weighted by atomic mass is 16.7. The largest absolute Gasteiger partial charge is 0.454 e. The van der Waals surface area contributed by atoms with E-state index in [2.05, 4.69) is 99.0 Å². The lowest BCUT2D eigenvalue weighted by Crippen LogP contribution is -2.61. The fraction of sp³-hybridized carbons (Fsp3) is 0.761. The molecule has 11 heteroatoms. The van der Waals surface area contributed by atoms with Gasteiger partial charge in [0.2, 0.25) is 5.91 Å². The quantitative estimate of drug-likeness (QED) is 0.0195. The van der Waals surface area contributed by atoms with Gasteiger partial charge in [0.05, 0.1) is 25.4 Å². The fourth-order valence-electron chi connectivity index (χ4n) is 9.50. The maximum atomic E-state index is 13.4. The van der Waals surface area contributed by atoms with E-state index in [1.54, 1.807) is 6.08 Å². The summed E-state index contributed by atoms with van der Waals surface area (Å²) in [7, 11) is 0. The van der Waals surface area contributed by atoms with Crippen LogP contribution in [0.4, 0.5) is 0 Å². The van der Waals surface area contributed by atoms with Crippen LogP contribution in [0.15, 0.2) is 85.1 Å². The van der Waals surface area contributed by atoms with Crippen molar-refractivity contribution in [2.24, 2.45) is 0 Å². The minimum Gasteiger partial charge on any atom is -0.454 e. The molecule has 1 amide bonds. The molecule has 0 bridgehead atoms. The number of ether oxygens (including phenoxy) is 3. The van der Waals surface area contributed by atoms with Crippen molar-refractivity contribution >= 4 is 11.9 Å². The minimum absolute atomic E-state index is 0.100. The van der Waals surface area contributed by atoms with Crippen LogP contribution in [0.2, 0.25) is 0 Å². The lowest BCUT2D eigenvalue weighted by molar-refractivity contribution is -0.305. The SMILES string of the molecule is CC/C=C\C/C=C\C/C=C\C/C=C\C/C=C\CCCCCCCCCCC(O)C(=O)NC(COC1OC(CO)C(O)C(O)C1OC(=O)CCCCC/C=C\CCCCCCCCC)C(O)/C=C/CCCCCCCCCCC. The molecule has 1 rings (SSSR count). The van der Waals surface area contributed by atoms with Gasteiger partial charge in [-0.3, -0.25) is 9.59 Å². The van der Waals surface area contributed by atoms with Crippen molar-refractivity contribution in [2.75, 3.05) is 13.2 Å². The summed E-state index contributed by atoms with van der Waals surface area (Å²) in [6, 6.07) is -1.03. The summed E-state index contributed by atoms with van der Waals surface area (Å²) >= 11 is 0. The van der Waals surface area contributed by atoms with Crippen molar-refractivity contribution in [1.82, 2.24) is 5.32 Å². The van der Waals surface area contributed by atoms with Gasteiger partial charge in [-0.1, -0.05) is 247 Å². The van der Waals surface area contributed by atoms with Gasteiger partial charge >= 0.3 is 5.97 Å². The number of aliphatic hydroxyl groups excluding tert-OH is 5. The molecule has 0 aromatic heterocycles. The standard InChI is InChI=1S/C67H117NO10/c1-4-7-10-13-16-19-22-24-26-27-28-29-30-31-32-33-34-35-36-39-42-45-48-51-54-60(71)66(75)68-58(59(70)53-50-47-44-41-38-21-18-15-12-9-6-3)57-76-67-65(64(74)63(73)61(56-69)77-67)78-62(72)55-52-49-46-43-40-37-25-23-20-17-14-11-8-5-2/h7,10,16,19,24,26,28-29,31-32,37,40,50,53,58-61,63-65,67,69-71,73-74H,4-6,8-9,11-15,17-18,20-23,25,27,30,33-36,38-39,41-49,51-52,54-57H2,1-3H3,(H,68,75)/b10-7-,19-16-,26-24-,29-28-,32-31-,40-37-,53-50+. The van der Waals surface area contributed by atoms with Crippen LogP contribution in [0.5, 0.6) is 0 Å². The number of esters is 1. The number of allylic oxidation sites excluding steroid dienone is 13. The molecule has 1 saturated heterocycles. The van der Waals surface area contributed by atoms with E-state index < -0.39 is 67.4 Å². The number of carbonyl (C=O) groups is 2. The van der Waals surface area contributed by atoms with Gasteiger partial charge in [0.15, 0.2) is 12.4 Å². The van der Waals surface area contributed by atoms with Crippen LogP contribution in [0.1, 0.15) is 265 Å². The molecule has 6 N–H and O–H groups in total. The van der Waals surface area contributed by atoms with E-state index in [1.807, 2.05) is 6.08 Å². The summed E-state index contributed by atoms with van der Waals surface area (Å²) in [5.41, 5.74) is 0. The van der Waals surface area contributed by atoms with Crippen molar-refractivity contribution in [2.45, 2.75) is 314 Å². The van der Waals surface area contributed by atoms with E-state index in [9.17, 15) is 35.1 Å². The first-order chi connectivity index (χ1) is 38.2. The molecule has 1 fully saturated rings. The zero-order valence-electron chi connectivity index (χ0n) is 49.8. The zero-order chi connectivity index (χ0) is 56.8. The van der Waals surface area contributed by atoms with E-state index >= 15 is 0 Å². The van der Waals surface area contributed by atoms with Gasteiger partial charge in [0, 0.05) is 6.42 Å². The van der Waals surface area contributed by atoms with Gasteiger partial charge < -0.3 is 45.1 Å². The van der Waals surface area contributed by atoms with Crippen LogP contribution in [0.3, 0.4) is 0 Å². The third-order valence-corrected chi connectivity index (χ3v) is 14.5. The van der Waals surface area contributed by atoms with E-state index in [0.717, 1.165) is 109 Å². The number of rotatable bonds is 53. The Labute approximate surface area is 476 Å². The van der Waals surface area contributed by atoms with Crippen molar-refractivity contribution in [3.8, 4) is 0 Å². The Bertz CT molecular complexity index is 1590. The molecule has 11 nitrogen and oxygen atoms in total. The van der Waals surface area contributed by atoms with Crippen LogP contribution in [-0.4, -0.2) is 99.6 Å². The van der Waals surface area contributed by atoms with Crippen LogP contribution < -0.4 is 5.32 Å². The summed E-state index contributed by atoms with van der Waals surface area (Å²) in [6.45, 7) is 5.65. The molecule has 1 aliphatic rings. The topological polar surface area (TPSA) is 175 Å². The summed E-state index contributed by atoms with van der Waals surface area (Å²) in [4.78, 5) is 26.5. The molecular weight excluding hydrogens is 979 g/mol. The lowest BCUT2D eigenvalue weighted by Gasteiger charge is -2.41. The first-order valence-electron chi connectivity index (χ1n) is 31.9. The average Bonchev–Trinajstić information content (AvgIpc) is 3.44. The van der Waals surface area contributed by atoms with Gasteiger partial charge in [0.1, 0.15) is 24.4 Å². The van der Waals surface area contributed by atoms with E-state index in [0.29, 0.717) is 12.8 Å². The number of nitrogens with one attached hydrogen (secondary N) is 1. The van der Waals surface area contributed by atoms with Gasteiger partial charge in [-0.15, -0.1) is 0 Å². The number of amides is 1. The zero-order valence-corrected chi connectivity index (χ0v) is 49.8. The summed E-state index contributed by atoms with van der Waals surface area (Å²) < 4.78 is 17.6. The van der Waals surface area contributed by atoms with Gasteiger partial charge in [-0.05, 0) is 96.3 Å². The molecule has 8 atom stereocenters. The molecule has 450 valence electrons. The van der Waals surface area contributed by atoms with Crippen molar-refractivity contribution in [3.63, 3.8) is 0 Å². The minimum atomic E-state index is -1.62. The van der Waals surface area contributed by atoms with E-state index in [4.69, 9.17) is 14.2 Å². The molecule has 0 aromatic carbocycles. The van der Waals surface area contributed by atoms with Crippen molar-refractivity contribution in [3.05, 3.63) is 85.1 Å². The maximum absolute atomic E-state index is 13.4. The second-order valence-electron chi connectivity index (χ2n) is 21.8. The second kappa shape index (κ2) is 54.4. The Morgan fingerprint density at radius 2 is 0.923 bits per heavy atom. The number of unbranched alkanes of at least 4 members (excludes halogenated alkanes) is 27. The molecule has 0 aromatic rings. The highest BCUT2D eigenvalue weighted by Crippen LogP contribution is 2.26. The number of hydrogen-bond acceptors (Lipinski definition) is 10. The third kappa shape index (κ3) is 41.8.